The summed E-state index contributed by atoms with van der Waals surface area (Å²) in [7, 11) is -5.43. The van der Waals surface area contributed by atoms with Gasteiger partial charge in [0.2, 0.25) is 0 Å². The molecule has 2 aromatic rings. The fraction of sp³-hybridized carbons (Fsp3) is 0.364. The number of carbonyl (C=O) groups excluding carboxylic acids is 2. The Balaban J connectivity index is 0. The molecule has 3 rings (SSSR count). The normalized spacial score (nSPS) is 14.6. The number of hydrogen-bond donors (Lipinski definition) is 1. The molecule has 0 atom stereocenters. The maximum absolute atomic E-state index is 12.9. The van der Waals surface area contributed by atoms with Crippen LogP contribution in [0.3, 0.4) is 0 Å². The Labute approximate surface area is 281 Å². The third-order valence-electron chi connectivity index (χ3n) is 5.33. The third kappa shape index (κ3) is 13.3. The van der Waals surface area contributed by atoms with Crippen LogP contribution in [0.5, 0.6) is 0 Å². The molecule has 180 valence electrons. The van der Waals surface area contributed by atoms with Crippen LogP contribution in [0, 0.1) is 5.82 Å². The molecule has 14 heteroatoms. The summed E-state index contributed by atoms with van der Waals surface area (Å²) in [5.41, 5.74) is -1.90. The fourth-order valence-corrected chi connectivity index (χ4v) is 3.56. The van der Waals surface area contributed by atoms with Gasteiger partial charge in [-0.25, -0.2) is 4.39 Å². The Hall–Kier alpha value is 0.870. The first kappa shape index (κ1) is 39.0. The molecule has 0 unspecified atom stereocenters. The molecule has 1 heterocycles. The molecular weight excluding hydrogens is 545 g/mol. The molecule has 0 spiro atoms. The molecule has 0 amide bonds. The van der Waals surface area contributed by atoms with Gasteiger partial charge in [0.25, 0.3) is 0 Å². The van der Waals surface area contributed by atoms with Gasteiger partial charge >= 0.3 is 88.7 Å². The number of nitrogens with zero attached hydrogens (tertiary/aromatic N) is 1. The van der Waals surface area contributed by atoms with Gasteiger partial charge in [0.15, 0.2) is 5.78 Å². The third-order valence-corrected chi connectivity index (χ3v) is 6.03. The minimum Gasteiger partial charge on any atom is -0.807 e. The Morgan fingerprint density at radius 2 is 1.47 bits per heavy atom. The van der Waals surface area contributed by atoms with Gasteiger partial charge in [-0.3, -0.25) is 4.79 Å². The van der Waals surface area contributed by atoms with Gasteiger partial charge in [-0.05, 0) is 75.4 Å². The fourth-order valence-electron chi connectivity index (χ4n) is 3.44. The number of carboxylic acid groups (broad SMARTS) is 1. The summed E-state index contributed by atoms with van der Waals surface area (Å²) in [6, 6.07) is 13.1. The van der Waals surface area contributed by atoms with Crippen LogP contribution in [0.15, 0.2) is 48.5 Å². The molecular formula is C22H23ClFNNa3O7P. The number of ketones is 1. The standard InChI is InChI=1S/C21H23ClFNO2.CH3O5P.3Na/c22-18-7-5-17(6-8-18)21(26)11-14-24(15-12-21)13-1-2-20(25)16-3-9-19(23)10-4-16;2-1(3)7(4,5)6;;;/h3-10,26H,1-2,11-15H2;(H,2,3)(H2,4,5,6);;;/q;;3*+1/p-3. The summed E-state index contributed by atoms with van der Waals surface area (Å²) in [4.78, 5) is 41.7. The van der Waals surface area contributed by atoms with Gasteiger partial charge in [-0.1, -0.05) is 23.7 Å². The zero-order chi connectivity index (χ0) is 24.6. The van der Waals surface area contributed by atoms with Crippen molar-refractivity contribution in [3.63, 3.8) is 0 Å². The minimum atomic E-state index is -5.43. The van der Waals surface area contributed by atoms with E-state index in [2.05, 4.69) is 4.90 Å². The SMILES string of the molecule is O=C(CCCN1CCC(O)(c2ccc(Cl)cc2)CC1)c1ccc(F)cc1.O=C([O-])P(=O)([O-])[O-].[Na+].[Na+].[Na+]. The summed E-state index contributed by atoms with van der Waals surface area (Å²) >= 11 is 5.92. The first-order chi connectivity index (χ1) is 15.4. The van der Waals surface area contributed by atoms with Crippen LogP contribution in [0.4, 0.5) is 9.18 Å². The smallest absolute Gasteiger partial charge is 0.807 e. The second-order valence-corrected chi connectivity index (χ2v) is 9.47. The summed E-state index contributed by atoms with van der Waals surface area (Å²) in [6.45, 7) is 2.41. The topological polar surface area (TPSA) is 144 Å². The molecule has 36 heavy (non-hydrogen) atoms. The van der Waals surface area contributed by atoms with Crippen LogP contribution >= 0.6 is 19.2 Å². The summed E-state index contributed by atoms with van der Waals surface area (Å²) < 4.78 is 22.0. The molecule has 0 radical (unpaired) electrons. The zero-order valence-corrected chi connectivity index (χ0v) is 28.3. The van der Waals surface area contributed by atoms with E-state index in [4.69, 9.17) is 35.9 Å². The van der Waals surface area contributed by atoms with Gasteiger partial charge < -0.3 is 34.3 Å². The van der Waals surface area contributed by atoms with E-state index in [1.54, 1.807) is 0 Å². The summed E-state index contributed by atoms with van der Waals surface area (Å²) in [5.74, 6) is -0.289. The molecule has 1 N–H and O–H groups in total. The van der Waals surface area contributed by atoms with E-state index in [0.717, 1.165) is 31.6 Å². The van der Waals surface area contributed by atoms with E-state index in [0.29, 0.717) is 29.8 Å². The maximum Gasteiger partial charge on any atom is 1.00 e. The van der Waals surface area contributed by atoms with Crippen molar-refractivity contribution in [1.29, 1.82) is 0 Å². The molecule has 1 aliphatic heterocycles. The van der Waals surface area contributed by atoms with Crippen molar-refractivity contribution in [2.24, 2.45) is 0 Å². The van der Waals surface area contributed by atoms with Crippen molar-refractivity contribution < 1.29 is 127 Å². The van der Waals surface area contributed by atoms with Crippen LogP contribution in [0.1, 0.15) is 41.6 Å². The van der Waals surface area contributed by atoms with E-state index in [1.807, 2.05) is 24.3 Å². The van der Waals surface area contributed by atoms with Gasteiger partial charge in [-0.15, -0.1) is 0 Å². The molecule has 1 aliphatic rings. The van der Waals surface area contributed by atoms with E-state index >= 15 is 0 Å². The number of likely N-dealkylation sites (tertiary alicyclic amines) is 1. The van der Waals surface area contributed by atoms with E-state index < -0.39 is 18.9 Å². The number of carbonyl (C=O) groups is 2. The van der Waals surface area contributed by atoms with Gasteiger partial charge in [0.1, 0.15) is 5.82 Å². The van der Waals surface area contributed by atoms with Crippen molar-refractivity contribution in [1.82, 2.24) is 4.90 Å². The van der Waals surface area contributed by atoms with E-state index in [-0.39, 0.29) is 100 Å². The van der Waals surface area contributed by atoms with E-state index in [9.17, 15) is 14.3 Å². The van der Waals surface area contributed by atoms with E-state index in [1.165, 1.54) is 24.3 Å². The number of hydrogen-bond acceptors (Lipinski definition) is 8. The predicted molar refractivity (Wildman–Crippen MR) is 114 cm³/mol. The molecule has 0 bridgehead atoms. The van der Waals surface area contributed by atoms with Crippen molar-refractivity contribution in [2.75, 3.05) is 19.6 Å². The van der Waals surface area contributed by atoms with Crippen LogP contribution < -0.4 is 104 Å². The average Bonchev–Trinajstić information content (AvgIpc) is 2.76. The number of aliphatic hydroxyl groups is 1. The van der Waals surface area contributed by atoms with Crippen LogP contribution in [0.2, 0.25) is 5.02 Å². The second kappa shape index (κ2) is 18.3. The van der Waals surface area contributed by atoms with Crippen molar-refractivity contribution in [3.8, 4) is 0 Å². The van der Waals surface area contributed by atoms with Crippen LogP contribution in [0.25, 0.3) is 0 Å². The van der Waals surface area contributed by atoms with Crippen LogP contribution in [-0.2, 0) is 10.2 Å². The monoisotopic (exact) mass is 567 g/mol. The molecule has 1 fully saturated rings. The van der Waals surface area contributed by atoms with Gasteiger partial charge in [0, 0.05) is 30.1 Å². The number of piperidine rings is 1. The second-order valence-electron chi connectivity index (χ2n) is 7.68. The molecule has 1 saturated heterocycles. The molecule has 0 aromatic heterocycles. The molecule has 2 aromatic carbocycles. The number of benzene rings is 2. The van der Waals surface area contributed by atoms with Crippen molar-refractivity contribution in [2.45, 2.75) is 31.3 Å². The zero-order valence-electron chi connectivity index (χ0n) is 20.6. The maximum atomic E-state index is 12.9. The first-order valence-corrected chi connectivity index (χ1v) is 12.1. The van der Waals surface area contributed by atoms with Crippen molar-refractivity contribution >= 4 is 30.7 Å². The molecule has 8 nitrogen and oxygen atoms in total. The first-order valence-electron chi connectivity index (χ1n) is 10.1. The summed E-state index contributed by atoms with van der Waals surface area (Å²) in [5, 5.41) is 20.6. The predicted octanol–water partition coefficient (Wildman–Crippen LogP) is -7.32. The number of rotatable bonds is 7. The van der Waals surface area contributed by atoms with Crippen LogP contribution in [-0.4, -0.2) is 41.1 Å². The quantitative estimate of drug-likeness (QED) is 0.197. The largest absolute Gasteiger partial charge is 1.00 e. The Morgan fingerprint density at radius 1 is 1.00 bits per heavy atom. The molecule has 0 saturated carbocycles. The number of halogens is 2. The average molecular weight is 568 g/mol. The Kier molecular flexibility index (Phi) is 19.8. The summed E-state index contributed by atoms with van der Waals surface area (Å²) in [6.07, 6.45) is 2.54. The van der Waals surface area contributed by atoms with Crippen molar-refractivity contribution in [3.05, 3.63) is 70.5 Å². The minimum absolute atomic E-state index is 0. The molecule has 0 aliphatic carbocycles. The van der Waals surface area contributed by atoms with Gasteiger partial charge in [-0.2, -0.15) is 0 Å². The Bertz CT molecular complexity index is 1000. The number of Topliss-reactive ketones (excluding diaryl/α,β-unsaturated/α-hetero) is 1. The Morgan fingerprint density at radius 3 is 1.92 bits per heavy atom. The van der Waals surface area contributed by atoms with Gasteiger partial charge in [0.05, 0.1) is 11.3 Å².